The maximum absolute atomic E-state index is 13.0. The van der Waals surface area contributed by atoms with Gasteiger partial charge in [0.25, 0.3) is 11.8 Å². The number of carbonyl (C=O) groups excluding carboxylic acids is 4. The van der Waals surface area contributed by atoms with Crippen molar-refractivity contribution in [3.63, 3.8) is 0 Å². The Bertz CT molecular complexity index is 939. The number of nitrogens with zero attached hydrogens (tertiary/aromatic N) is 3. The number of fused-ring (bicyclic) bond motifs is 1. The summed E-state index contributed by atoms with van der Waals surface area (Å²) in [6.07, 6.45) is 1.23. The van der Waals surface area contributed by atoms with Crippen LogP contribution in [0.2, 0.25) is 0 Å². The number of carbonyl (C=O) groups is 5. The Morgan fingerprint density at radius 2 is 1.90 bits per heavy atom. The Labute approximate surface area is 178 Å². The fraction of sp³-hybridized carbons (Fsp3) is 0.476. The van der Waals surface area contributed by atoms with E-state index in [0.29, 0.717) is 5.56 Å². The van der Waals surface area contributed by atoms with Gasteiger partial charge < -0.3 is 24.4 Å². The highest BCUT2D eigenvalue weighted by molar-refractivity contribution is 6.05. The lowest BCUT2D eigenvalue weighted by Gasteiger charge is -2.34. The van der Waals surface area contributed by atoms with Crippen molar-refractivity contribution in [3.05, 3.63) is 29.3 Å². The zero-order chi connectivity index (χ0) is 22.1. The molecule has 1 N–H and O–H groups in total. The number of hydrogen-bond donors (Lipinski definition) is 1. The number of anilines is 1. The maximum Gasteiger partial charge on any atom is 0.507 e. The second-order valence-corrected chi connectivity index (χ2v) is 7.99. The number of benzene rings is 1. The first kappa shape index (κ1) is 20.8. The molecule has 1 aromatic carbocycles. The predicted octanol–water partition coefficient (Wildman–Crippen LogP) is 1.23. The van der Waals surface area contributed by atoms with Crippen LogP contribution < -0.4 is 4.90 Å². The van der Waals surface area contributed by atoms with Crippen LogP contribution in [0.3, 0.4) is 0 Å². The number of piperidine rings is 2. The third-order valence-corrected chi connectivity index (χ3v) is 6.20. The van der Waals surface area contributed by atoms with Crippen LogP contribution in [0.4, 0.5) is 10.5 Å². The van der Waals surface area contributed by atoms with Gasteiger partial charge in [-0.25, -0.2) is 9.69 Å². The Balaban J connectivity index is 1.48. The average Bonchev–Trinajstić information content (AvgIpc) is 3.09. The molecule has 0 saturated carbocycles. The monoisotopic (exact) mass is 429 g/mol. The molecule has 31 heavy (non-hydrogen) atoms. The number of aldehydes is 1. The molecular weight excluding hydrogens is 406 g/mol. The Morgan fingerprint density at radius 1 is 1.16 bits per heavy atom. The van der Waals surface area contributed by atoms with Crippen molar-refractivity contribution in [3.8, 4) is 0 Å². The average molecular weight is 429 g/mol. The van der Waals surface area contributed by atoms with E-state index in [0.717, 1.165) is 48.4 Å². The zero-order valence-electron chi connectivity index (χ0n) is 16.9. The molecule has 1 atom stereocenters. The highest BCUT2D eigenvalue weighted by Gasteiger charge is 2.43. The lowest BCUT2D eigenvalue weighted by molar-refractivity contribution is -0.157. The lowest BCUT2D eigenvalue weighted by atomic mass is 9.97. The van der Waals surface area contributed by atoms with Gasteiger partial charge >= 0.3 is 6.16 Å². The summed E-state index contributed by atoms with van der Waals surface area (Å²) in [6, 6.07) is 4.73. The summed E-state index contributed by atoms with van der Waals surface area (Å²) >= 11 is 0. The summed E-state index contributed by atoms with van der Waals surface area (Å²) in [5.41, 5.74) is 2.29. The summed E-state index contributed by atoms with van der Waals surface area (Å²) < 4.78 is 4.39. The second kappa shape index (κ2) is 8.37. The molecule has 3 heterocycles. The third kappa shape index (κ3) is 3.97. The standard InChI is InChI=1S/C21H23N3O7/c25-11-13-5-7-22(8-6-13)15-1-2-16-14(9-15)10-23(19(16)27)17-3-4-18(26)24(20(17)28)12-31-21(29)30/h1-2,9,11,13,17H,3-8,10,12H2,(H,29,30). The van der Waals surface area contributed by atoms with Crippen LogP contribution in [0.25, 0.3) is 0 Å². The number of amides is 3. The summed E-state index contributed by atoms with van der Waals surface area (Å²) in [4.78, 5) is 63.8. The third-order valence-electron chi connectivity index (χ3n) is 6.20. The first-order valence-corrected chi connectivity index (χ1v) is 10.2. The van der Waals surface area contributed by atoms with Gasteiger partial charge in [0.05, 0.1) is 0 Å². The molecule has 0 spiro atoms. The van der Waals surface area contributed by atoms with E-state index < -0.39 is 30.7 Å². The molecule has 10 nitrogen and oxygen atoms in total. The van der Waals surface area contributed by atoms with Crippen LogP contribution in [0.1, 0.15) is 41.6 Å². The van der Waals surface area contributed by atoms with Gasteiger partial charge in [-0.05, 0) is 43.0 Å². The SMILES string of the molecule is O=CC1CCN(c2ccc3c(c2)CN(C2CCC(=O)N(COC(=O)O)C2=O)C3=O)CC1. The molecule has 0 aromatic heterocycles. The summed E-state index contributed by atoms with van der Waals surface area (Å²) in [7, 11) is 0. The van der Waals surface area contributed by atoms with E-state index in [2.05, 4.69) is 9.64 Å². The molecular formula is C21H23N3O7. The fourth-order valence-electron chi connectivity index (χ4n) is 4.44. The fourth-order valence-corrected chi connectivity index (χ4v) is 4.44. The molecule has 1 unspecified atom stereocenters. The minimum Gasteiger partial charge on any atom is -0.450 e. The molecule has 2 fully saturated rings. The second-order valence-electron chi connectivity index (χ2n) is 7.99. The molecule has 164 valence electrons. The number of hydrogen-bond acceptors (Lipinski definition) is 7. The maximum atomic E-state index is 13.0. The first-order valence-electron chi connectivity index (χ1n) is 10.2. The summed E-state index contributed by atoms with van der Waals surface area (Å²) in [5.74, 6) is -1.34. The van der Waals surface area contributed by atoms with Crippen molar-refractivity contribution < 1.29 is 33.8 Å². The van der Waals surface area contributed by atoms with Gasteiger partial charge in [0.15, 0.2) is 6.73 Å². The predicted molar refractivity (Wildman–Crippen MR) is 106 cm³/mol. The molecule has 2 saturated heterocycles. The Morgan fingerprint density at radius 3 is 2.58 bits per heavy atom. The van der Waals surface area contributed by atoms with Gasteiger partial charge in [-0.3, -0.25) is 14.4 Å². The summed E-state index contributed by atoms with van der Waals surface area (Å²) in [5, 5.41) is 8.66. The van der Waals surface area contributed by atoms with Crippen molar-refractivity contribution in [2.45, 2.75) is 38.3 Å². The molecule has 0 radical (unpaired) electrons. The van der Waals surface area contributed by atoms with Crippen LogP contribution in [0, 0.1) is 5.92 Å². The highest BCUT2D eigenvalue weighted by atomic mass is 16.7. The first-order chi connectivity index (χ1) is 14.9. The van der Waals surface area contributed by atoms with Crippen LogP contribution in [0.5, 0.6) is 0 Å². The minimum atomic E-state index is -1.59. The highest BCUT2D eigenvalue weighted by Crippen LogP contribution is 2.32. The quantitative estimate of drug-likeness (QED) is 0.421. The van der Waals surface area contributed by atoms with Crippen molar-refractivity contribution in [2.24, 2.45) is 5.92 Å². The van der Waals surface area contributed by atoms with E-state index in [1.165, 1.54) is 4.90 Å². The molecule has 0 bridgehead atoms. The van der Waals surface area contributed by atoms with E-state index in [4.69, 9.17) is 5.11 Å². The van der Waals surface area contributed by atoms with Crippen LogP contribution >= 0.6 is 0 Å². The molecule has 10 heteroatoms. The number of ether oxygens (including phenoxy) is 1. The zero-order valence-corrected chi connectivity index (χ0v) is 16.9. The van der Waals surface area contributed by atoms with E-state index in [1.54, 1.807) is 6.07 Å². The largest absolute Gasteiger partial charge is 0.507 e. The van der Waals surface area contributed by atoms with Crippen LogP contribution in [0.15, 0.2) is 18.2 Å². The van der Waals surface area contributed by atoms with Gasteiger partial charge in [-0.1, -0.05) is 0 Å². The topological polar surface area (TPSA) is 125 Å². The smallest absolute Gasteiger partial charge is 0.450 e. The van der Waals surface area contributed by atoms with E-state index in [1.807, 2.05) is 12.1 Å². The van der Waals surface area contributed by atoms with Gasteiger partial charge in [0.1, 0.15) is 12.3 Å². The summed E-state index contributed by atoms with van der Waals surface area (Å²) in [6.45, 7) is 1.09. The van der Waals surface area contributed by atoms with Gasteiger partial charge in [0.2, 0.25) is 5.91 Å². The molecule has 1 aromatic rings. The molecule has 0 aliphatic carbocycles. The van der Waals surface area contributed by atoms with Gasteiger partial charge in [-0.2, -0.15) is 0 Å². The normalized spacial score (nSPS) is 22.0. The van der Waals surface area contributed by atoms with E-state index >= 15 is 0 Å². The molecule has 3 aliphatic rings. The van der Waals surface area contributed by atoms with Gasteiger partial charge in [-0.15, -0.1) is 0 Å². The number of imide groups is 1. The van der Waals surface area contributed by atoms with E-state index in [9.17, 15) is 24.0 Å². The van der Waals surface area contributed by atoms with Crippen molar-refractivity contribution in [1.29, 1.82) is 0 Å². The number of rotatable bonds is 5. The van der Waals surface area contributed by atoms with Gasteiger partial charge in [0, 0.05) is 43.2 Å². The molecule has 4 rings (SSSR count). The Kier molecular flexibility index (Phi) is 5.62. The molecule has 3 amide bonds. The van der Waals surface area contributed by atoms with Crippen molar-refractivity contribution in [2.75, 3.05) is 24.7 Å². The lowest BCUT2D eigenvalue weighted by Crippen LogP contribution is -2.55. The number of carboxylic acid groups (broad SMARTS) is 1. The Hall–Kier alpha value is -3.43. The van der Waals surface area contributed by atoms with Crippen LogP contribution in [-0.4, -0.2) is 70.9 Å². The van der Waals surface area contributed by atoms with Crippen LogP contribution in [-0.2, 0) is 25.7 Å². The van der Waals surface area contributed by atoms with E-state index in [-0.39, 0.29) is 31.2 Å². The van der Waals surface area contributed by atoms with Crippen molar-refractivity contribution in [1.82, 2.24) is 9.80 Å². The molecule has 3 aliphatic heterocycles. The number of likely N-dealkylation sites (tertiary alicyclic amines) is 1. The van der Waals surface area contributed by atoms with Crippen molar-refractivity contribution >= 4 is 35.9 Å². The minimum absolute atomic E-state index is 0.0242.